The maximum atomic E-state index is 11.4. The summed E-state index contributed by atoms with van der Waals surface area (Å²) in [6.45, 7) is 4.28. The molecule has 0 aromatic rings. The molecule has 4 heteroatoms. The van der Waals surface area contributed by atoms with Crippen molar-refractivity contribution in [2.24, 2.45) is 5.92 Å². The highest BCUT2D eigenvalue weighted by molar-refractivity contribution is 5.77. The van der Waals surface area contributed by atoms with Crippen LogP contribution in [0, 0.1) is 5.92 Å². The number of carbonyl (C=O) groups is 1. The molecule has 2 unspecified atom stereocenters. The summed E-state index contributed by atoms with van der Waals surface area (Å²) in [5.41, 5.74) is 0. The van der Waals surface area contributed by atoms with Crippen LogP contribution in [0.3, 0.4) is 0 Å². The fourth-order valence-corrected chi connectivity index (χ4v) is 1.89. The molecule has 1 rings (SSSR count). The summed E-state index contributed by atoms with van der Waals surface area (Å²) in [7, 11) is 3.56. The Morgan fingerprint density at radius 2 is 2.33 bits per heavy atom. The molecular weight excluding hydrogens is 192 g/mol. The van der Waals surface area contributed by atoms with Crippen molar-refractivity contribution >= 4 is 5.91 Å². The van der Waals surface area contributed by atoms with Gasteiger partial charge in [0.2, 0.25) is 5.91 Å². The molecule has 15 heavy (non-hydrogen) atoms. The zero-order chi connectivity index (χ0) is 11.3. The minimum atomic E-state index is 0.132. The molecule has 0 saturated carbocycles. The Kier molecular flexibility index (Phi) is 5.05. The van der Waals surface area contributed by atoms with Gasteiger partial charge < -0.3 is 15.0 Å². The number of amides is 1. The van der Waals surface area contributed by atoms with E-state index in [-0.39, 0.29) is 5.91 Å². The molecule has 0 radical (unpaired) electrons. The summed E-state index contributed by atoms with van der Waals surface area (Å²) in [6, 6.07) is 0.413. The smallest absolute Gasteiger partial charge is 0.236 e. The molecule has 1 fully saturated rings. The summed E-state index contributed by atoms with van der Waals surface area (Å²) >= 11 is 0. The van der Waals surface area contributed by atoms with Crippen molar-refractivity contribution in [2.75, 3.05) is 33.9 Å². The Hall–Kier alpha value is -0.610. The SMILES string of the molecule is CCC(NCC(=O)N(C)C)C1CCOC1. The van der Waals surface area contributed by atoms with Crippen LogP contribution < -0.4 is 5.32 Å². The molecule has 0 aromatic heterocycles. The van der Waals surface area contributed by atoms with Crippen LogP contribution in [-0.4, -0.2) is 50.7 Å². The van der Waals surface area contributed by atoms with Gasteiger partial charge in [0.15, 0.2) is 0 Å². The fourth-order valence-electron chi connectivity index (χ4n) is 1.89. The van der Waals surface area contributed by atoms with Crippen LogP contribution in [0.15, 0.2) is 0 Å². The second-order valence-electron chi connectivity index (χ2n) is 4.31. The Bertz CT molecular complexity index is 201. The lowest BCUT2D eigenvalue weighted by atomic mass is 9.97. The van der Waals surface area contributed by atoms with E-state index >= 15 is 0 Å². The van der Waals surface area contributed by atoms with E-state index in [0.717, 1.165) is 26.1 Å². The lowest BCUT2D eigenvalue weighted by Crippen LogP contribution is -2.42. The molecule has 1 heterocycles. The zero-order valence-corrected chi connectivity index (χ0v) is 9.95. The van der Waals surface area contributed by atoms with Gasteiger partial charge in [-0.3, -0.25) is 4.79 Å². The highest BCUT2D eigenvalue weighted by Crippen LogP contribution is 2.18. The van der Waals surface area contributed by atoms with Crippen LogP contribution in [0.25, 0.3) is 0 Å². The second-order valence-corrected chi connectivity index (χ2v) is 4.31. The zero-order valence-electron chi connectivity index (χ0n) is 9.95. The van der Waals surface area contributed by atoms with E-state index in [4.69, 9.17) is 4.74 Å². The number of hydrogen-bond acceptors (Lipinski definition) is 3. The number of likely N-dealkylation sites (N-methyl/N-ethyl adjacent to an activating group) is 1. The Balaban J connectivity index is 2.30. The molecule has 0 bridgehead atoms. The number of ether oxygens (including phenoxy) is 1. The van der Waals surface area contributed by atoms with Gasteiger partial charge in [-0.25, -0.2) is 0 Å². The predicted molar refractivity (Wildman–Crippen MR) is 59.7 cm³/mol. The molecule has 1 aliphatic rings. The summed E-state index contributed by atoms with van der Waals surface area (Å²) in [6.07, 6.45) is 2.16. The highest BCUT2D eigenvalue weighted by Gasteiger charge is 2.24. The van der Waals surface area contributed by atoms with Crippen molar-refractivity contribution in [1.29, 1.82) is 0 Å². The van der Waals surface area contributed by atoms with Gasteiger partial charge in [-0.1, -0.05) is 6.92 Å². The first-order valence-electron chi connectivity index (χ1n) is 5.66. The largest absolute Gasteiger partial charge is 0.381 e. The molecule has 1 aliphatic heterocycles. The molecule has 88 valence electrons. The van der Waals surface area contributed by atoms with E-state index in [0.29, 0.717) is 18.5 Å². The molecular formula is C11H22N2O2. The van der Waals surface area contributed by atoms with Crippen molar-refractivity contribution in [3.8, 4) is 0 Å². The van der Waals surface area contributed by atoms with E-state index in [2.05, 4.69) is 12.2 Å². The Morgan fingerprint density at radius 1 is 1.60 bits per heavy atom. The van der Waals surface area contributed by atoms with Crippen LogP contribution in [0.1, 0.15) is 19.8 Å². The molecule has 0 spiro atoms. The molecule has 1 saturated heterocycles. The molecule has 0 aliphatic carbocycles. The normalized spacial score (nSPS) is 22.7. The third-order valence-corrected chi connectivity index (χ3v) is 2.99. The number of nitrogens with zero attached hydrogens (tertiary/aromatic N) is 1. The first-order valence-corrected chi connectivity index (χ1v) is 5.66. The highest BCUT2D eigenvalue weighted by atomic mass is 16.5. The van der Waals surface area contributed by atoms with Gasteiger partial charge in [-0.2, -0.15) is 0 Å². The van der Waals surface area contributed by atoms with Gasteiger partial charge >= 0.3 is 0 Å². The van der Waals surface area contributed by atoms with Crippen molar-refractivity contribution in [3.05, 3.63) is 0 Å². The second kappa shape index (κ2) is 6.08. The van der Waals surface area contributed by atoms with Crippen LogP contribution in [-0.2, 0) is 9.53 Å². The summed E-state index contributed by atoms with van der Waals surface area (Å²) in [5, 5.41) is 3.32. The number of nitrogens with one attached hydrogen (secondary N) is 1. The molecule has 2 atom stereocenters. The van der Waals surface area contributed by atoms with Gasteiger partial charge in [-0.05, 0) is 18.8 Å². The number of rotatable bonds is 5. The lowest BCUT2D eigenvalue weighted by molar-refractivity contribution is -0.127. The van der Waals surface area contributed by atoms with E-state index in [9.17, 15) is 4.79 Å². The predicted octanol–water partition coefficient (Wildman–Crippen LogP) is 0.479. The van der Waals surface area contributed by atoms with Gasteiger partial charge in [0, 0.05) is 26.7 Å². The van der Waals surface area contributed by atoms with Crippen molar-refractivity contribution < 1.29 is 9.53 Å². The van der Waals surface area contributed by atoms with Gasteiger partial charge in [0.25, 0.3) is 0 Å². The third-order valence-electron chi connectivity index (χ3n) is 2.99. The average Bonchev–Trinajstić information content (AvgIpc) is 2.71. The molecule has 0 aromatic carbocycles. The molecule has 1 amide bonds. The van der Waals surface area contributed by atoms with Crippen LogP contribution in [0.5, 0.6) is 0 Å². The topological polar surface area (TPSA) is 41.6 Å². The number of carbonyl (C=O) groups excluding carboxylic acids is 1. The molecule has 4 nitrogen and oxygen atoms in total. The summed E-state index contributed by atoms with van der Waals surface area (Å²) < 4.78 is 5.36. The third kappa shape index (κ3) is 3.80. The summed E-state index contributed by atoms with van der Waals surface area (Å²) in [5.74, 6) is 0.706. The van der Waals surface area contributed by atoms with Crippen LogP contribution in [0.2, 0.25) is 0 Å². The molecule has 1 N–H and O–H groups in total. The Labute approximate surface area is 92.0 Å². The maximum absolute atomic E-state index is 11.4. The van der Waals surface area contributed by atoms with Crippen molar-refractivity contribution in [1.82, 2.24) is 10.2 Å². The van der Waals surface area contributed by atoms with E-state index in [1.54, 1.807) is 19.0 Å². The van der Waals surface area contributed by atoms with E-state index < -0.39 is 0 Å². The average molecular weight is 214 g/mol. The first-order chi connectivity index (χ1) is 7.15. The summed E-state index contributed by atoms with van der Waals surface area (Å²) in [4.78, 5) is 13.0. The minimum Gasteiger partial charge on any atom is -0.381 e. The lowest BCUT2D eigenvalue weighted by Gasteiger charge is -2.22. The van der Waals surface area contributed by atoms with E-state index in [1.165, 1.54) is 0 Å². The standard InChI is InChI=1S/C11H22N2O2/c1-4-10(9-5-6-15-8-9)12-7-11(14)13(2)3/h9-10,12H,4-8H2,1-3H3. The van der Waals surface area contributed by atoms with Crippen molar-refractivity contribution in [2.45, 2.75) is 25.8 Å². The quantitative estimate of drug-likeness (QED) is 0.724. The van der Waals surface area contributed by atoms with Crippen LogP contribution >= 0.6 is 0 Å². The first kappa shape index (κ1) is 12.5. The van der Waals surface area contributed by atoms with Crippen LogP contribution in [0.4, 0.5) is 0 Å². The van der Waals surface area contributed by atoms with Gasteiger partial charge in [-0.15, -0.1) is 0 Å². The van der Waals surface area contributed by atoms with Gasteiger partial charge in [0.05, 0.1) is 13.2 Å². The van der Waals surface area contributed by atoms with E-state index in [1.807, 2.05) is 0 Å². The van der Waals surface area contributed by atoms with Gasteiger partial charge in [0.1, 0.15) is 0 Å². The Morgan fingerprint density at radius 3 is 2.80 bits per heavy atom. The minimum absolute atomic E-state index is 0.132. The maximum Gasteiger partial charge on any atom is 0.236 e. The van der Waals surface area contributed by atoms with Crippen molar-refractivity contribution in [3.63, 3.8) is 0 Å². The monoisotopic (exact) mass is 214 g/mol. The fraction of sp³-hybridized carbons (Fsp3) is 0.909. The number of hydrogen-bond donors (Lipinski definition) is 1.